The molecule has 0 unspecified atom stereocenters. The highest BCUT2D eigenvalue weighted by atomic mass is 16.6. The molecule has 1 heterocycles. The Bertz CT molecular complexity index is 332. The molecule has 1 saturated heterocycles. The molecule has 0 bridgehead atoms. The molecule has 0 saturated carbocycles. The number of hydrogen-bond acceptors (Lipinski definition) is 4. The Morgan fingerprint density at radius 3 is 2.41 bits per heavy atom. The van der Waals surface area contributed by atoms with Gasteiger partial charge >= 0.3 is 6.09 Å². The molecule has 0 N–H and O–H groups in total. The highest BCUT2D eigenvalue weighted by Gasteiger charge is 2.24. The molecule has 94 valence electrons. The van der Waals surface area contributed by atoms with E-state index in [1.165, 1.54) is 0 Å². The third-order valence-corrected chi connectivity index (χ3v) is 2.43. The molecule has 0 aromatic heterocycles. The Kier molecular flexibility index (Phi) is 5.09. The van der Waals surface area contributed by atoms with Gasteiger partial charge in [0.1, 0.15) is 6.54 Å². The van der Waals surface area contributed by atoms with E-state index in [1.807, 2.05) is 0 Å². The summed E-state index contributed by atoms with van der Waals surface area (Å²) in [6, 6.07) is 0. The molecule has 2 amide bonds. The zero-order chi connectivity index (χ0) is 12.7. The fourth-order valence-electron chi connectivity index (χ4n) is 1.55. The summed E-state index contributed by atoms with van der Waals surface area (Å²) < 4.78 is 4.86. The van der Waals surface area contributed by atoms with E-state index in [1.54, 1.807) is 16.7 Å². The van der Waals surface area contributed by atoms with Crippen LogP contribution in [0.15, 0.2) is 5.11 Å². The Morgan fingerprint density at radius 1 is 1.29 bits per heavy atom. The van der Waals surface area contributed by atoms with E-state index in [0.717, 1.165) is 0 Å². The largest absolute Gasteiger partial charge is 0.450 e. The molecule has 1 aliphatic rings. The lowest BCUT2D eigenvalue weighted by molar-refractivity contribution is -0.131. The normalized spacial score (nSPS) is 15.1. The summed E-state index contributed by atoms with van der Waals surface area (Å²) in [5.74, 6) is -0.216. The summed E-state index contributed by atoms with van der Waals surface area (Å²) in [7, 11) is 0. The summed E-state index contributed by atoms with van der Waals surface area (Å²) in [4.78, 5) is 28.5. The van der Waals surface area contributed by atoms with Gasteiger partial charge in [-0.3, -0.25) is 4.79 Å². The monoisotopic (exact) mass is 241 g/mol. The van der Waals surface area contributed by atoms with Crippen molar-refractivity contribution in [2.45, 2.75) is 6.92 Å². The molecule has 0 aromatic carbocycles. The first-order valence-corrected chi connectivity index (χ1v) is 5.39. The minimum atomic E-state index is -0.352. The molecular formula is C9H15N5O3. The maximum absolute atomic E-state index is 11.5. The Morgan fingerprint density at radius 2 is 1.88 bits per heavy atom. The maximum Gasteiger partial charge on any atom is 0.409 e. The fraction of sp³-hybridized carbons (Fsp3) is 0.778. The standard InChI is InChI=1S/C9H15N5O3/c1-2-17-9(16)14-5-3-13(4-6-14)8(15)7-11-12-10/h2-7H2,1H3. The number of carbonyl (C=O) groups excluding carboxylic acids is 2. The molecule has 1 fully saturated rings. The van der Waals surface area contributed by atoms with E-state index in [9.17, 15) is 9.59 Å². The first-order chi connectivity index (χ1) is 8.19. The van der Waals surface area contributed by atoms with Gasteiger partial charge in [0.05, 0.1) is 6.61 Å². The van der Waals surface area contributed by atoms with Gasteiger partial charge in [-0.2, -0.15) is 0 Å². The molecule has 0 radical (unpaired) electrons. The van der Waals surface area contributed by atoms with Crippen molar-refractivity contribution >= 4 is 12.0 Å². The van der Waals surface area contributed by atoms with Crippen LogP contribution in [0.25, 0.3) is 10.4 Å². The Hall–Kier alpha value is -1.95. The molecule has 8 nitrogen and oxygen atoms in total. The van der Waals surface area contributed by atoms with Gasteiger partial charge in [-0.15, -0.1) is 0 Å². The van der Waals surface area contributed by atoms with Crippen LogP contribution in [0, 0.1) is 0 Å². The van der Waals surface area contributed by atoms with Gasteiger partial charge in [0.2, 0.25) is 5.91 Å². The molecule has 0 aliphatic carbocycles. The number of nitrogens with zero attached hydrogens (tertiary/aromatic N) is 5. The lowest BCUT2D eigenvalue weighted by Crippen LogP contribution is -2.51. The van der Waals surface area contributed by atoms with Crippen LogP contribution in [0.4, 0.5) is 4.79 Å². The topological polar surface area (TPSA) is 98.6 Å². The highest BCUT2D eigenvalue weighted by Crippen LogP contribution is 2.04. The second-order valence-electron chi connectivity index (χ2n) is 3.46. The molecular weight excluding hydrogens is 226 g/mol. The molecule has 1 aliphatic heterocycles. The Labute approximate surface area is 98.7 Å². The van der Waals surface area contributed by atoms with E-state index >= 15 is 0 Å². The van der Waals surface area contributed by atoms with Crippen LogP contribution in [0.5, 0.6) is 0 Å². The van der Waals surface area contributed by atoms with Crippen molar-refractivity contribution in [1.82, 2.24) is 9.80 Å². The van der Waals surface area contributed by atoms with Crippen LogP contribution >= 0.6 is 0 Å². The van der Waals surface area contributed by atoms with Crippen LogP contribution < -0.4 is 0 Å². The lowest BCUT2D eigenvalue weighted by Gasteiger charge is -2.33. The van der Waals surface area contributed by atoms with Crippen molar-refractivity contribution in [2.24, 2.45) is 5.11 Å². The summed E-state index contributed by atoms with van der Waals surface area (Å²) in [6.07, 6.45) is -0.352. The van der Waals surface area contributed by atoms with Gasteiger partial charge in [-0.05, 0) is 12.5 Å². The average Bonchev–Trinajstić information content (AvgIpc) is 2.36. The van der Waals surface area contributed by atoms with Crippen molar-refractivity contribution in [3.05, 3.63) is 10.4 Å². The quantitative estimate of drug-likeness (QED) is 0.411. The van der Waals surface area contributed by atoms with Gasteiger partial charge in [0, 0.05) is 31.1 Å². The number of rotatable bonds is 3. The van der Waals surface area contributed by atoms with Gasteiger partial charge in [0.15, 0.2) is 0 Å². The molecule has 17 heavy (non-hydrogen) atoms. The lowest BCUT2D eigenvalue weighted by atomic mass is 10.3. The zero-order valence-electron chi connectivity index (χ0n) is 9.70. The molecule has 1 rings (SSSR count). The maximum atomic E-state index is 11.5. The second-order valence-corrected chi connectivity index (χ2v) is 3.46. The van der Waals surface area contributed by atoms with Crippen LogP contribution in [-0.4, -0.2) is 61.1 Å². The molecule has 0 atom stereocenters. The first kappa shape index (κ1) is 13.1. The van der Waals surface area contributed by atoms with Crippen molar-refractivity contribution in [1.29, 1.82) is 0 Å². The van der Waals surface area contributed by atoms with Gasteiger partial charge in [-0.25, -0.2) is 4.79 Å². The minimum Gasteiger partial charge on any atom is -0.450 e. The van der Waals surface area contributed by atoms with Crippen molar-refractivity contribution < 1.29 is 14.3 Å². The summed E-state index contributed by atoms with van der Waals surface area (Å²) in [5.41, 5.74) is 8.11. The van der Waals surface area contributed by atoms with E-state index < -0.39 is 0 Å². The van der Waals surface area contributed by atoms with Crippen LogP contribution in [0.2, 0.25) is 0 Å². The van der Waals surface area contributed by atoms with Crippen molar-refractivity contribution in [3.8, 4) is 0 Å². The number of piperazine rings is 1. The summed E-state index contributed by atoms with van der Waals surface area (Å²) in [5, 5.41) is 3.21. The SMILES string of the molecule is CCOC(=O)N1CCN(C(=O)CN=[N+]=[N-])CC1. The predicted octanol–water partition coefficient (Wildman–Crippen LogP) is 0.597. The van der Waals surface area contributed by atoms with Crippen LogP contribution in [0.3, 0.4) is 0 Å². The number of azide groups is 1. The molecule has 8 heteroatoms. The molecule has 0 spiro atoms. The number of hydrogen-bond donors (Lipinski definition) is 0. The van der Waals surface area contributed by atoms with Gasteiger partial charge < -0.3 is 14.5 Å². The van der Waals surface area contributed by atoms with Gasteiger partial charge in [-0.1, -0.05) is 5.11 Å². The summed E-state index contributed by atoms with van der Waals surface area (Å²) in [6.45, 7) is 3.70. The Balaban J connectivity index is 2.37. The number of carbonyl (C=O) groups is 2. The van der Waals surface area contributed by atoms with Crippen LogP contribution in [0.1, 0.15) is 6.92 Å². The van der Waals surface area contributed by atoms with Crippen molar-refractivity contribution in [3.63, 3.8) is 0 Å². The molecule has 0 aromatic rings. The van der Waals surface area contributed by atoms with E-state index in [-0.39, 0.29) is 18.5 Å². The predicted molar refractivity (Wildman–Crippen MR) is 59.2 cm³/mol. The van der Waals surface area contributed by atoms with E-state index in [0.29, 0.717) is 32.8 Å². The second kappa shape index (κ2) is 6.59. The van der Waals surface area contributed by atoms with E-state index in [4.69, 9.17) is 10.3 Å². The smallest absolute Gasteiger partial charge is 0.409 e. The number of amides is 2. The summed E-state index contributed by atoms with van der Waals surface area (Å²) >= 11 is 0. The van der Waals surface area contributed by atoms with Crippen LogP contribution in [-0.2, 0) is 9.53 Å². The fourth-order valence-corrected chi connectivity index (χ4v) is 1.55. The first-order valence-electron chi connectivity index (χ1n) is 5.39. The minimum absolute atomic E-state index is 0.171. The third-order valence-electron chi connectivity index (χ3n) is 2.43. The number of ether oxygens (including phenoxy) is 1. The third kappa shape index (κ3) is 3.84. The average molecular weight is 241 g/mol. The van der Waals surface area contributed by atoms with Gasteiger partial charge in [0.25, 0.3) is 0 Å². The van der Waals surface area contributed by atoms with E-state index in [2.05, 4.69) is 10.0 Å². The zero-order valence-corrected chi connectivity index (χ0v) is 9.70. The van der Waals surface area contributed by atoms with Crippen molar-refractivity contribution in [2.75, 3.05) is 39.3 Å². The highest BCUT2D eigenvalue weighted by molar-refractivity contribution is 5.78.